The molecule has 0 spiro atoms. The summed E-state index contributed by atoms with van der Waals surface area (Å²) in [7, 11) is 1.82. The predicted octanol–water partition coefficient (Wildman–Crippen LogP) is 2.07. The Hall–Kier alpha value is -0.900. The first-order valence-corrected chi connectivity index (χ1v) is 5.54. The Labute approximate surface area is 88.8 Å². The molecule has 0 fully saturated rings. The number of thiazole rings is 1. The van der Waals surface area contributed by atoms with E-state index in [1.54, 1.807) is 16.2 Å². The maximum atomic E-state index is 11.6. The highest BCUT2D eigenvalue weighted by Crippen LogP contribution is 2.11. The van der Waals surface area contributed by atoms with Gasteiger partial charge in [-0.3, -0.25) is 4.79 Å². The normalized spacial score (nSPS) is 10.6. The molecule has 78 valence electrons. The molecule has 0 N–H and O–H groups in total. The highest BCUT2D eigenvalue weighted by atomic mass is 32.1. The van der Waals surface area contributed by atoms with E-state index in [4.69, 9.17) is 0 Å². The van der Waals surface area contributed by atoms with Crippen LogP contribution < -0.4 is 0 Å². The first kappa shape index (κ1) is 11.2. The van der Waals surface area contributed by atoms with Crippen LogP contribution in [0.5, 0.6) is 0 Å². The van der Waals surface area contributed by atoms with E-state index in [9.17, 15) is 4.79 Å². The number of hydrogen-bond acceptors (Lipinski definition) is 3. The Balaban J connectivity index is 2.57. The van der Waals surface area contributed by atoms with Gasteiger partial charge in [0.15, 0.2) is 0 Å². The molecule has 1 heterocycles. The van der Waals surface area contributed by atoms with Crippen LogP contribution in [0.15, 0.2) is 5.38 Å². The Bertz CT molecular complexity index is 320. The summed E-state index contributed by atoms with van der Waals surface area (Å²) in [4.78, 5) is 17.6. The summed E-state index contributed by atoms with van der Waals surface area (Å²) in [5, 5.41) is 3.05. The number of aryl methyl sites for hydroxylation is 1. The van der Waals surface area contributed by atoms with Crippen molar-refractivity contribution in [2.75, 3.05) is 7.05 Å². The fraction of sp³-hybridized carbons (Fsp3) is 0.600. The fourth-order valence-corrected chi connectivity index (χ4v) is 1.85. The smallest absolute Gasteiger partial charge is 0.225 e. The van der Waals surface area contributed by atoms with Crippen LogP contribution in [-0.2, 0) is 11.3 Å². The summed E-state index contributed by atoms with van der Waals surface area (Å²) >= 11 is 1.62. The van der Waals surface area contributed by atoms with Gasteiger partial charge in [-0.05, 0) is 6.92 Å². The van der Waals surface area contributed by atoms with Crippen LogP contribution in [0.1, 0.15) is 24.5 Å². The molecule has 0 atom stereocenters. The van der Waals surface area contributed by atoms with Crippen molar-refractivity contribution in [2.45, 2.75) is 27.3 Å². The SMILES string of the molecule is Cc1nc(CN(C)C(=O)C(C)C)cs1. The van der Waals surface area contributed by atoms with Crippen molar-refractivity contribution in [3.8, 4) is 0 Å². The molecular formula is C10H16N2OS. The zero-order valence-electron chi connectivity index (χ0n) is 9.07. The van der Waals surface area contributed by atoms with Crippen LogP contribution in [-0.4, -0.2) is 22.8 Å². The minimum atomic E-state index is 0.0553. The lowest BCUT2D eigenvalue weighted by molar-refractivity contribution is -0.133. The molecule has 0 aliphatic heterocycles. The minimum Gasteiger partial charge on any atom is -0.340 e. The zero-order valence-corrected chi connectivity index (χ0v) is 9.89. The molecule has 0 bridgehead atoms. The third-order valence-corrected chi connectivity index (χ3v) is 2.76. The average molecular weight is 212 g/mol. The number of aromatic nitrogens is 1. The monoisotopic (exact) mass is 212 g/mol. The van der Waals surface area contributed by atoms with E-state index in [1.165, 1.54) is 0 Å². The molecule has 1 amide bonds. The summed E-state index contributed by atoms with van der Waals surface area (Å²) in [5.74, 6) is 0.218. The van der Waals surface area contributed by atoms with E-state index >= 15 is 0 Å². The largest absolute Gasteiger partial charge is 0.340 e. The standard InChI is InChI=1S/C10H16N2OS/c1-7(2)10(13)12(4)5-9-6-14-8(3)11-9/h6-7H,5H2,1-4H3. The molecule has 0 aliphatic rings. The van der Waals surface area contributed by atoms with Crippen molar-refractivity contribution < 1.29 is 4.79 Å². The summed E-state index contributed by atoms with van der Waals surface area (Å²) in [5.41, 5.74) is 0.976. The van der Waals surface area contributed by atoms with Gasteiger partial charge >= 0.3 is 0 Å². The first-order chi connectivity index (χ1) is 6.50. The van der Waals surface area contributed by atoms with Gasteiger partial charge < -0.3 is 4.90 Å². The van der Waals surface area contributed by atoms with Gasteiger partial charge in [-0.2, -0.15) is 0 Å². The molecule has 0 radical (unpaired) electrons. The van der Waals surface area contributed by atoms with E-state index < -0.39 is 0 Å². The molecule has 0 unspecified atom stereocenters. The molecule has 3 nitrogen and oxygen atoms in total. The van der Waals surface area contributed by atoms with Gasteiger partial charge in [0.25, 0.3) is 0 Å². The quantitative estimate of drug-likeness (QED) is 0.768. The van der Waals surface area contributed by atoms with Gasteiger partial charge in [0.05, 0.1) is 17.2 Å². The van der Waals surface area contributed by atoms with E-state index in [2.05, 4.69) is 4.98 Å². The molecule has 1 aromatic rings. The average Bonchev–Trinajstić information content (AvgIpc) is 2.49. The maximum Gasteiger partial charge on any atom is 0.225 e. The minimum absolute atomic E-state index is 0.0553. The molecule has 1 rings (SSSR count). The van der Waals surface area contributed by atoms with Crippen molar-refractivity contribution in [1.82, 2.24) is 9.88 Å². The third kappa shape index (κ3) is 2.80. The van der Waals surface area contributed by atoms with Crippen LogP contribution >= 0.6 is 11.3 Å². The molecule has 0 aliphatic carbocycles. The molecular weight excluding hydrogens is 196 g/mol. The van der Waals surface area contributed by atoms with Crippen molar-refractivity contribution >= 4 is 17.2 Å². The molecule has 4 heteroatoms. The number of amides is 1. The molecule has 1 aromatic heterocycles. The molecule has 0 saturated carbocycles. The van der Waals surface area contributed by atoms with Crippen molar-refractivity contribution in [3.05, 3.63) is 16.1 Å². The van der Waals surface area contributed by atoms with E-state index in [0.29, 0.717) is 6.54 Å². The molecule has 0 aromatic carbocycles. The number of hydrogen-bond donors (Lipinski definition) is 0. The van der Waals surface area contributed by atoms with Gasteiger partial charge in [-0.1, -0.05) is 13.8 Å². The fourth-order valence-electron chi connectivity index (χ4n) is 1.24. The van der Waals surface area contributed by atoms with Crippen LogP contribution in [0.3, 0.4) is 0 Å². The molecule has 14 heavy (non-hydrogen) atoms. The predicted molar refractivity (Wildman–Crippen MR) is 58.2 cm³/mol. The van der Waals surface area contributed by atoms with Crippen LogP contribution in [0, 0.1) is 12.8 Å². The van der Waals surface area contributed by atoms with Crippen LogP contribution in [0.2, 0.25) is 0 Å². The maximum absolute atomic E-state index is 11.6. The van der Waals surface area contributed by atoms with Crippen LogP contribution in [0.25, 0.3) is 0 Å². The second-order valence-corrected chi connectivity index (χ2v) is 4.77. The van der Waals surface area contributed by atoms with E-state index in [1.807, 2.05) is 33.2 Å². The Kier molecular flexibility index (Phi) is 3.63. The zero-order chi connectivity index (χ0) is 10.7. The lowest BCUT2D eigenvalue weighted by Gasteiger charge is -2.17. The summed E-state index contributed by atoms with van der Waals surface area (Å²) in [6, 6.07) is 0. The number of carbonyl (C=O) groups is 1. The Morgan fingerprint density at radius 2 is 2.29 bits per heavy atom. The van der Waals surface area contributed by atoms with Gasteiger partial charge in [-0.15, -0.1) is 11.3 Å². The second-order valence-electron chi connectivity index (χ2n) is 3.71. The third-order valence-electron chi connectivity index (χ3n) is 1.94. The van der Waals surface area contributed by atoms with E-state index in [-0.39, 0.29) is 11.8 Å². The number of nitrogens with zero attached hydrogens (tertiary/aromatic N) is 2. The van der Waals surface area contributed by atoms with Gasteiger partial charge in [0, 0.05) is 18.3 Å². The van der Waals surface area contributed by atoms with Gasteiger partial charge in [0.1, 0.15) is 0 Å². The molecule has 0 saturated heterocycles. The lowest BCUT2D eigenvalue weighted by atomic mass is 10.2. The van der Waals surface area contributed by atoms with Crippen molar-refractivity contribution in [1.29, 1.82) is 0 Å². The lowest BCUT2D eigenvalue weighted by Crippen LogP contribution is -2.30. The van der Waals surface area contributed by atoms with Crippen molar-refractivity contribution in [2.24, 2.45) is 5.92 Å². The highest BCUT2D eigenvalue weighted by molar-refractivity contribution is 7.09. The number of carbonyl (C=O) groups excluding carboxylic acids is 1. The first-order valence-electron chi connectivity index (χ1n) is 4.66. The number of rotatable bonds is 3. The summed E-state index contributed by atoms with van der Waals surface area (Å²) in [6.07, 6.45) is 0. The van der Waals surface area contributed by atoms with Crippen LogP contribution in [0.4, 0.5) is 0 Å². The van der Waals surface area contributed by atoms with Gasteiger partial charge in [0.2, 0.25) is 5.91 Å². The van der Waals surface area contributed by atoms with E-state index in [0.717, 1.165) is 10.7 Å². The Morgan fingerprint density at radius 3 is 2.71 bits per heavy atom. The van der Waals surface area contributed by atoms with Crippen molar-refractivity contribution in [3.63, 3.8) is 0 Å². The topological polar surface area (TPSA) is 33.2 Å². The summed E-state index contributed by atoms with van der Waals surface area (Å²) in [6.45, 7) is 6.40. The van der Waals surface area contributed by atoms with Gasteiger partial charge in [-0.25, -0.2) is 4.98 Å². The second kappa shape index (κ2) is 4.55. The summed E-state index contributed by atoms with van der Waals surface area (Å²) < 4.78 is 0. The highest BCUT2D eigenvalue weighted by Gasteiger charge is 2.13. The Morgan fingerprint density at radius 1 is 1.64 bits per heavy atom.